The highest BCUT2D eigenvalue weighted by Gasteiger charge is 2.21. The van der Waals surface area contributed by atoms with Crippen molar-refractivity contribution in [1.29, 1.82) is 0 Å². The smallest absolute Gasteiger partial charge is 0.225 e. The topological polar surface area (TPSA) is 58.2 Å². The van der Waals surface area contributed by atoms with Crippen molar-refractivity contribution in [3.63, 3.8) is 0 Å². The Labute approximate surface area is 105 Å². The highest BCUT2D eigenvalue weighted by molar-refractivity contribution is 5.81. The van der Waals surface area contributed by atoms with Crippen LogP contribution in [0.3, 0.4) is 0 Å². The van der Waals surface area contributed by atoms with Gasteiger partial charge in [-0.05, 0) is 6.42 Å². The lowest BCUT2D eigenvalue weighted by Gasteiger charge is -2.19. The number of amides is 2. The number of nitrogens with one attached hydrogen (secondary N) is 2. The Kier molecular flexibility index (Phi) is 5.66. The molecule has 2 N–H and O–H groups in total. The summed E-state index contributed by atoms with van der Waals surface area (Å²) in [5.74, 6) is 0.0827. The summed E-state index contributed by atoms with van der Waals surface area (Å²) in [7, 11) is 0. The maximum Gasteiger partial charge on any atom is 0.225 e. The van der Waals surface area contributed by atoms with Gasteiger partial charge in [-0.2, -0.15) is 0 Å². The van der Waals surface area contributed by atoms with Gasteiger partial charge in [0.2, 0.25) is 11.8 Å². The van der Waals surface area contributed by atoms with Crippen molar-refractivity contribution in [2.24, 2.45) is 10.8 Å². The van der Waals surface area contributed by atoms with E-state index in [1.165, 1.54) is 0 Å². The first-order valence-corrected chi connectivity index (χ1v) is 6.12. The van der Waals surface area contributed by atoms with Crippen molar-refractivity contribution in [2.45, 2.75) is 48.0 Å². The molecule has 0 atom stereocenters. The molecule has 0 fully saturated rings. The first-order valence-electron chi connectivity index (χ1n) is 6.12. The molecule has 4 heteroatoms. The molecular formula is C13H26N2O2. The Morgan fingerprint density at radius 3 is 1.29 bits per heavy atom. The molecule has 0 aromatic carbocycles. The predicted octanol–water partition coefficient (Wildman–Crippen LogP) is 1.70. The Bertz CT molecular complexity index is 244. The normalized spacial score (nSPS) is 12.1. The lowest BCUT2D eigenvalue weighted by atomic mass is 9.95. The molecule has 100 valence electrons. The zero-order valence-electron chi connectivity index (χ0n) is 11.9. The van der Waals surface area contributed by atoms with Crippen LogP contribution in [0, 0.1) is 10.8 Å². The second-order valence-corrected chi connectivity index (χ2v) is 6.37. The summed E-state index contributed by atoms with van der Waals surface area (Å²) in [6.45, 7) is 12.5. The third kappa shape index (κ3) is 6.97. The Morgan fingerprint density at radius 1 is 0.765 bits per heavy atom. The van der Waals surface area contributed by atoms with Crippen LogP contribution in [0.25, 0.3) is 0 Å². The Balaban J connectivity index is 3.68. The van der Waals surface area contributed by atoms with Crippen LogP contribution in [0.15, 0.2) is 0 Å². The molecule has 0 aliphatic heterocycles. The van der Waals surface area contributed by atoms with E-state index >= 15 is 0 Å². The summed E-state index contributed by atoms with van der Waals surface area (Å²) in [5, 5.41) is 5.69. The summed E-state index contributed by atoms with van der Waals surface area (Å²) >= 11 is 0. The molecule has 17 heavy (non-hydrogen) atoms. The van der Waals surface area contributed by atoms with Crippen molar-refractivity contribution in [3.05, 3.63) is 0 Å². The molecule has 0 spiro atoms. The quantitative estimate of drug-likeness (QED) is 0.737. The summed E-state index contributed by atoms with van der Waals surface area (Å²) in [5.41, 5.74) is -0.705. The molecule has 0 rings (SSSR count). The molecule has 0 radical (unpaired) electrons. The van der Waals surface area contributed by atoms with E-state index in [0.717, 1.165) is 6.42 Å². The summed E-state index contributed by atoms with van der Waals surface area (Å²) in [6, 6.07) is 0. The van der Waals surface area contributed by atoms with Crippen molar-refractivity contribution < 1.29 is 9.59 Å². The molecule has 0 bridgehead atoms. The largest absolute Gasteiger partial charge is 0.356 e. The number of rotatable bonds is 4. The third-order valence-electron chi connectivity index (χ3n) is 2.29. The summed E-state index contributed by atoms with van der Waals surface area (Å²) in [6.07, 6.45) is 0.754. The zero-order valence-corrected chi connectivity index (χ0v) is 11.9. The predicted molar refractivity (Wildman–Crippen MR) is 69.5 cm³/mol. The van der Waals surface area contributed by atoms with E-state index in [4.69, 9.17) is 0 Å². The van der Waals surface area contributed by atoms with Gasteiger partial charge in [-0.15, -0.1) is 0 Å². The van der Waals surface area contributed by atoms with Crippen LogP contribution in [-0.2, 0) is 9.59 Å². The van der Waals surface area contributed by atoms with Gasteiger partial charge >= 0.3 is 0 Å². The lowest BCUT2D eigenvalue weighted by molar-refractivity contribution is -0.128. The van der Waals surface area contributed by atoms with Gasteiger partial charge < -0.3 is 10.6 Å². The van der Waals surface area contributed by atoms with Gasteiger partial charge in [-0.1, -0.05) is 41.5 Å². The molecule has 0 saturated heterocycles. The number of hydrogen-bond donors (Lipinski definition) is 2. The van der Waals surface area contributed by atoms with Crippen molar-refractivity contribution in [1.82, 2.24) is 10.6 Å². The molecule has 0 saturated carbocycles. The van der Waals surface area contributed by atoms with Gasteiger partial charge in [-0.25, -0.2) is 0 Å². The zero-order chi connectivity index (χ0) is 13.7. The Morgan fingerprint density at radius 2 is 1.06 bits per heavy atom. The Hall–Kier alpha value is -1.06. The molecule has 0 aliphatic rings. The van der Waals surface area contributed by atoms with E-state index in [9.17, 15) is 9.59 Å². The molecule has 0 unspecified atom stereocenters. The second kappa shape index (κ2) is 6.03. The van der Waals surface area contributed by atoms with E-state index in [0.29, 0.717) is 13.1 Å². The standard InChI is InChI=1S/C13H26N2O2/c1-12(2,3)10(16)14-8-7-9-15-11(17)13(4,5)6/h7-9H2,1-6H3,(H,14,16)(H,15,17). The lowest BCUT2D eigenvalue weighted by Crippen LogP contribution is -2.38. The molecule has 2 amide bonds. The fourth-order valence-corrected chi connectivity index (χ4v) is 1.02. The average molecular weight is 242 g/mol. The fourth-order valence-electron chi connectivity index (χ4n) is 1.02. The van der Waals surface area contributed by atoms with Gasteiger partial charge in [0.05, 0.1) is 0 Å². The third-order valence-corrected chi connectivity index (χ3v) is 2.29. The van der Waals surface area contributed by atoms with E-state index < -0.39 is 0 Å². The minimum atomic E-state index is -0.353. The van der Waals surface area contributed by atoms with E-state index in [2.05, 4.69) is 10.6 Å². The number of carbonyl (C=O) groups excluding carboxylic acids is 2. The van der Waals surface area contributed by atoms with E-state index in [1.807, 2.05) is 41.5 Å². The highest BCUT2D eigenvalue weighted by atomic mass is 16.2. The molecule has 0 aromatic rings. The van der Waals surface area contributed by atoms with Crippen LogP contribution in [0.1, 0.15) is 48.0 Å². The van der Waals surface area contributed by atoms with Crippen LogP contribution in [0.2, 0.25) is 0 Å². The SMILES string of the molecule is CC(C)(C)C(=O)NCCCNC(=O)C(C)(C)C. The van der Waals surface area contributed by atoms with Crippen molar-refractivity contribution in [2.75, 3.05) is 13.1 Å². The van der Waals surface area contributed by atoms with Gasteiger partial charge in [0.25, 0.3) is 0 Å². The van der Waals surface area contributed by atoms with Crippen LogP contribution >= 0.6 is 0 Å². The first kappa shape index (κ1) is 15.9. The molecule has 0 aromatic heterocycles. The maximum absolute atomic E-state index is 11.5. The van der Waals surface area contributed by atoms with E-state index in [1.54, 1.807) is 0 Å². The summed E-state index contributed by atoms with van der Waals surface area (Å²) in [4.78, 5) is 23.0. The van der Waals surface area contributed by atoms with Crippen LogP contribution in [-0.4, -0.2) is 24.9 Å². The van der Waals surface area contributed by atoms with Gasteiger partial charge in [0, 0.05) is 23.9 Å². The minimum absolute atomic E-state index is 0.0413. The maximum atomic E-state index is 11.5. The van der Waals surface area contributed by atoms with Gasteiger partial charge in [-0.3, -0.25) is 9.59 Å². The highest BCUT2D eigenvalue weighted by Crippen LogP contribution is 2.13. The van der Waals surface area contributed by atoms with Crippen molar-refractivity contribution >= 4 is 11.8 Å². The van der Waals surface area contributed by atoms with Crippen LogP contribution in [0.4, 0.5) is 0 Å². The number of hydrogen-bond acceptors (Lipinski definition) is 2. The van der Waals surface area contributed by atoms with E-state index in [-0.39, 0.29) is 22.6 Å². The average Bonchev–Trinajstić information content (AvgIpc) is 2.13. The first-order chi connectivity index (χ1) is 7.55. The van der Waals surface area contributed by atoms with Crippen LogP contribution in [0.5, 0.6) is 0 Å². The molecule has 0 aliphatic carbocycles. The van der Waals surface area contributed by atoms with Crippen molar-refractivity contribution in [3.8, 4) is 0 Å². The second-order valence-electron chi connectivity index (χ2n) is 6.37. The van der Waals surface area contributed by atoms with Crippen LogP contribution < -0.4 is 10.6 Å². The van der Waals surface area contributed by atoms with Gasteiger partial charge in [0.15, 0.2) is 0 Å². The minimum Gasteiger partial charge on any atom is -0.356 e. The van der Waals surface area contributed by atoms with Gasteiger partial charge in [0.1, 0.15) is 0 Å². The molecular weight excluding hydrogens is 216 g/mol. The molecule has 0 heterocycles. The molecule has 4 nitrogen and oxygen atoms in total. The monoisotopic (exact) mass is 242 g/mol. The number of carbonyl (C=O) groups is 2. The fraction of sp³-hybridized carbons (Fsp3) is 0.846. The summed E-state index contributed by atoms with van der Waals surface area (Å²) < 4.78 is 0.